The molecule has 3 aromatic rings. The topological polar surface area (TPSA) is 54.9 Å². The van der Waals surface area contributed by atoms with Crippen molar-refractivity contribution in [2.45, 2.75) is 43.0 Å². The van der Waals surface area contributed by atoms with Gasteiger partial charge in [-0.1, -0.05) is 41.6 Å². The van der Waals surface area contributed by atoms with E-state index in [9.17, 15) is 4.79 Å². The summed E-state index contributed by atoms with van der Waals surface area (Å²) in [6.07, 6.45) is 5.02. The first-order valence-corrected chi connectivity index (χ1v) is 10.6. The Balaban J connectivity index is 1.48. The molecule has 1 atom stereocenters. The van der Waals surface area contributed by atoms with Gasteiger partial charge in [-0.05, 0) is 43.4 Å². The number of rotatable bonds is 5. The summed E-state index contributed by atoms with van der Waals surface area (Å²) in [6, 6.07) is 7.55. The maximum atomic E-state index is 12.5. The molecular weight excluding hydrogens is 386 g/mol. The second-order valence-corrected chi connectivity index (χ2v) is 9.11. The van der Waals surface area contributed by atoms with Crippen LogP contribution in [0.2, 0.25) is 5.02 Å². The normalized spacial score (nSPS) is 14.4. The number of nitrogens with zero attached hydrogens (tertiary/aromatic N) is 2. The van der Waals surface area contributed by atoms with Crippen LogP contribution in [0.15, 0.2) is 35.6 Å². The quantitative estimate of drug-likeness (QED) is 0.498. The summed E-state index contributed by atoms with van der Waals surface area (Å²) >= 11 is 9.42. The summed E-state index contributed by atoms with van der Waals surface area (Å²) in [5.74, 6) is -0.0199. The number of fused-ring (bicyclic) bond motifs is 3. The van der Waals surface area contributed by atoms with Gasteiger partial charge in [0.25, 0.3) is 0 Å². The van der Waals surface area contributed by atoms with Crippen LogP contribution in [0.5, 0.6) is 0 Å². The van der Waals surface area contributed by atoms with Crippen molar-refractivity contribution in [3.63, 3.8) is 0 Å². The lowest BCUT2D eigenvalue weighted by molar-refractivity contribution is -0.120. The Labute approximate surface area is 165 Å². The van der Waals surface area contributed by atoms with Gasteiger partial charge in [-0.3, -0.25) is 4.79 Å². The minimum Gasteiger partial charge on any atom is -0.351 e. The van der Waals surface area contributed by atoms with Crippen molar-refractivity contribution < 1.29 is 4.79 Å². The van der Waals surface area contributed by atoms with E-state index in [0.29, 0.717) is 11.6 Å². The minimum absolute atomic E-state index is 0.0199. The van der Waals surface area contributed by atoms with E-state index in [0.717, 1.165) is 33.6 Å². The number of hydrogen-bond acceptors (Lipinski definition) is 5. The zero-order valence-corrected chi connectivity index (χ0v) is 16.7. The lowest BCUT2D eigenvalue weighted by Crippen LogP contribution is -2.30. The fourth-order valence-corrected chi connectivity index (χ4v) is 5.64. The Hall–Kier alpha value is -1.63. The van der Waals surface area contributed by atoms with Crippen LogP contribution in [0.4, 0.5) is 0 Å². The van der Waals surface area contributed by atoms with Crippen LogP contribution in [-0.4, -0.2) is 21.1 Å². The van der Waals surface area contributed by atoms with Gasteiger partial charge in [0.05, 0.1) is 5.25 Å². The Morgan fingerprint density at radius 1 is 1.35 bits per heavy atom. The molecule has 7 heteroatoms. The Bertz CT molecular complexity index is 973. The highest BCUT2D eigenvalue weighted by Crippen LogP contribution is 2.40. The van der Waals surface area contributed by atoms with Crippen LogP contribution in [-0.2, 0) is 24.2 Å². The summed E-state index contributed by atoms with van der Waals surface area (Å²) in [5, 5.41) is 5.46. The smallest absolute Gasteiger partial charge is 0.233 e. The van der Waals surface area contributed by atoms with Crippen molar-refractivity contribution in [1.29, 1.82) is 0 Å². The average molecular weight is 404 g/mol. The van der Waals surface area contributed by atoms with E-state index in [1.807, 2.05) is 31.2 Å². The van der Waals surface area contributed by atoms with Gasteiger partial charge >= 0.3 is 0 Å². The van der Waals surface area contributed by atoms with Crippen molar-refractivity contribution in [3.8, 4) is 0 Å². The van der Waals surface area contributed by atoms with Crippen molar-refractivity contribution in [1.82, 2.24) is 15.3 Å². The van der Waals surface area contributed by atoms with Gasteiger partial charge in [-0.15, -0.1) is 11.3 Å². The van der Waals surface area contributed by atoms with Gasteiger partial charge in [0.1, 0.15) is 16.2 Å². The molecule has 0 saturated heterocycles. The summed E-state index contributed by atoms with van der Waals surface area (Å²) in [5.41, 5.74) is 2.30. The number of aromatic nitrogens is 2. The number of halogens is 1. The SMILES string of the molecule is C[C@H](Sc1ncnc2sc3c(c12)CCC3)C(=O)NCc1ccccc1Cl. The fraction of sp³-hybridized carbons (Fsp3) is 0.316. The lowest BCUT2D eigenvalue weighted by Gasteiger charge is -2.13. The Morgan fingerprint density at radius 2 is 2.19 bits per heavy atom. The molecule has 0 bridgehead atoms. The van der Waals surface area contributed by atoms with E-state index in [1.165, 1.54) is 28.6 Å². The molecule has 2 aromatic heterocycles. The van der Waals surface area contributed by atoms with Gasteiger partial charge in [-0.2, -0.15) is 0 Å². The molecule has 4 nitrogen and oxygen atoms in total. The molecule has 134 valence electrons. The predicted octanol–water partition coefficient (Wildman–Crippen LogP) is 4.63. The van der Waals surface area contributed by atoms with Gasteiger partial charge in [0, 0.05) is 21.8 Å². The zero-order chi connectivity index (χ0) is 18.1. The van der Waals surface area contributed by atoms with Gasteiger partial charge in [-0.25, -0.2) is 9.97 Å². The monoisotopic (exact) mass is 403 g/mol. The van der Waals surface area contributed by atoms with Crippen LogP contribution in [0.1, 0.15) is 29.3 Å². The van der Waals surface area contributed by atoms with Gasteiger partial charge < -0.3 is 5.32 Å². The molecule has 0 spiro atoms. The van der Waals surface area contributed by atoms with Crippen LogP contribution in [0.3, 0.4) is 0 Å². The van der Waals surface area contributed by atoms with Crippen LogP contribution < -0.4 is 5.32 Å². The van der Waals surface area contributed by atoms with E-state index in [-0.39, 0.29) is 11.2 Å². The van der Waals surface area contributed by atoms with E-state index in [4.69, 9.17) is 11.6 Å². The van der Waals surface area contributed by atoms with E-state index < -0.39 is 0 Å². The number of nitrogens with one attached hydrogen (secondary N) is 1. The first-order valence-electron chi connectivity index (χ1n) is 8.56. The highest BCUT2D eigenvalue weighted by atomic mass is 35.5. The molecule has 0 unspecified atom stereocenters. The second-order valence-electron chi connectivity index (χ2n) is 6.29. The number of carbonyl (C=O) groups excluding carboxylic acids is 1. The van der Waals surface area contributed by atoms with Crippen molar-refractivity contribution in [2.75, 3.05) is 0 Å². The summed E-state index contributed by atoms with van der Waals surface area (Å²) in [7, 11) is 0. The van der Waals surface area contributed by atoms with Crippen LogP contribution in [0.25, 0.3) is 10.2 Å². The number of thiophene rings is 1. The third-order valence-electron chi connectivity index (χ3n) is 4.54. The lowest BCUT2D eigenvalue weighted by atomic mass is 10.2. The second kappa shape index (κ2) is 7.55. The molecule has 1 amide bonds. The molecule has 1 aliphatic rings. The van der Waals surface area contributed by atoms with Crippen molar-refractivity contribution >= 4 is 50.8 Å². The molecule has 1 N–H and O–H groups in total. The molecule has 26 heavy (non-hydrogen) atoms. The summed E-state index contributed by atoms with van der Waals surface area (Å²) in [4.78, 5) is 23.9. The van der Waals surface area contributed by atoms with Crippen LogP contribution in [0, 0.1) is 0 Å². The number of aryl methyl sites for hydroxylation is 2. The Kier molecular flexibility index (Phi) is 5.16. The molecule has 1 aliphatic carbocycles. The number of carbonyl (C=O) groups is 1. The average Bonchev–Trinajstić information content (AvgIpc) is 3.22. The van der Waals surface area contributed by atoms with E-state index in [2.05, 4.69) is 15.3 Å². The fourth-order valence-electron chi connectivity index (χ4n) is 3.18. The minimum atomic E-state index is -0.243. The summed E-state index contributed by atoms with van der Waals surface area (Å²) in [6.45, 7) is 2.34. The van der Waals surface area contributed by atoms with Crippen molar-refractivity contribution in [3.05, 3.63) is 51.6 Å². The van der Waals surface area contributed by atoms with Crippen LogP contribution >= 0.6 is 34.7 Å². The maximum Gasteiger partial charge on any atom is 0.233 e. The Morgan fingerprint density at radius 3 is 3.04 bits per heavy atom. The molecule has 0 saturated carbocycles. The summed E-state index contributed by atoms with van der Waals surface area (Å²) < 4.78 is 0. The third-order valence-corrected chi connectivity index (χ3v) is 7.20. The standard InChI is InChI=1S/C19H18ClN3OS2/c1-11(17(24)21-9-12-5-2-3-7-14(12)20)25-18-16-13-6-4-8-15(13)26-19(16)23-10-22-18/h2-3,5,7,10-11H,4,6,8-9H2,1H3,(H,21,24)/t11-/m0/s1. The molecule has 2 heterocycles. The highest BCUT2D eigenvalue weighted by molar-refractivity contribution is 8.00. The highest BCUT2D eigenvalue weighted by Gasteiger charge is 2.23. The number of thioether (sulfide) groups is 1. The largest absolute Gasteiger partial charge is 0.351 e. The molecular formula is C19H18ClN3OS2. The first-order chi connectivity index (χ1) is 12.6. The molecule has 4 rings (SSSR count). The van der Waals surface area contributed by atoms with E-state index >= 15 is 0 Å². The zero-order valence-electron chi connectivity index (χ0n) is 14.3. The third kappa shape index (κ3) is 3.46. The number of hydrogen-bond donors (Lipinski definition) is 1. The first kappa shape index (κ1) is 17.8. The maximum absolute atomic E-state index is 12.5. The van der Waals surface area contributed by atoms with Gasteiger partial charge in [0.15, 0.2) is 0 Å². The molecule has 1 aromatic carbocycles. The van der Waals surface area contributed by atoms with E-state index in [1.54, 1.807) is 17.7 Å². The van der Waals surface area contributed by atoms with Gasteiger partial charge in [0.2, 0.25) is 5.91 Å². The molecule has 0 fully saturated rings. The molecule has 0 radical (unpaired) electrons. The molecule has 0 aliphatic heterocycles. The van der Waals surface area contributed by atoms with Crippen molar-refractivity contribution in [2.24, 2.45) is 0 Å². The number of amides is 1. The number of benzene rings is 1. The predicted molar refractivity (Wildman–Crippen MR) is 108 cm³/mol.